The van der Waals surface area contributed by atoms with E-state index >= 15 is 0 Å². The molecule has 1 N–H and O–H groups in total. The number of aryl methyl sites for hydroxylation is 3. The van der Waals surface area contributed by atoms with Gasteiger partial charge in [0.2, 0.25) is 5.91 Å². The molecule has 0 radical (unpaired) electrons. The average molecular weight is 336 g/mol. The van der Waals surface area contributed by atoms with Crippen LogP contribution in [0.2, 0.25) is 0 Å². The van der Waals surface area contributed by atoms with Crippen molar-refractivity contribution in [3.8, 4) is 0 Å². The molecule has 132 valence electrons. The van der Waals surface area contributed by atoms with Gasteiger partial charge in [0.25, 0.3) is 0 Å². The van der Waals surface area contributed by atoms with Gasteiger partial charge in [-0.15, -0.1) is 0 Å². The minimum Gasteiger partial charge on any atom is -0.326 e. The summed E-state index contributed by atoms with van der Waals surface area (Å²) in [5, 5.41) is 3.12. The molecule has 2 aromatic rings. The zero-order chi connectivity index (χ0) is 17.8. The molecule has 3 rings (SSSR count). The smallest absolute Gasteiger partial charge is 0.228 e. The Balaban J connectivity index is 1.61. The largest absolute Gasteiger partial charge is 0.326 e. The number of benzene rings is 2. The first kappa shape index (κ1) is 17.7. The maximum absolute atomic E-state index is 12.7. The van der Waals surface area contributed by atoms with Crippen LogP contribution in [-0.2, 0) is 11.3 Å². The van der Waals surface area contributed by atoms with E-state index in [1.54, 1.807) is 0 Å². The summed E-state index contributed by atoms with van der Waals surface area (Å²) in [5.41, 5.74) is 5.90. The van der Waals surface area contributed by atoms with Gasteiger partial charge in [-0.1, -0.05) is 35.9 Å². The highest BCUT2D eigenvalue weighted by atomic mass is 16.1. The number of carbonyl (C=O) groups excluding carboxylic acids is 1. The predicted octanol–water partition coefficient (Wildman–Crippen LogP) is 4.46. The van der Waals surface area contributed by atoms with Gasteiger partial charge in [0.05, 0.1) is 5.92 Å². The summed E-state index contributed by atoms with van der Waals surface area (Å²) in [6.07, 6.45) is 2.05. The number of nitrogens with zero attached hydrogens (tertiary/aromatic N) is 1. The minimum atomic E-state index is 0.0689. The van der Waals surface area contributed by atoms with E-state index in [2.05, 4.69) is 61.3 Å². The van der Waals surface area contributed by atoms with Gasteiger partial charge in [-0.2, -0.15) is 0 Å². The van der Waals surface area contributed by atoms with Crippen LogP contribution in [-0.4, -0.2) is 23.9 Å². The maximum atomic E-state index is 12.7. The van der Waals surface area contributed by atoms with Crippen LogP contribution < -0.4 is 5.32 Å². The third kappa shape index (κ3) is 4.93. The molecular weight excluding hydrogens is 308 g/mol. The second kappa shape index (κ2) is 7.83. The Hall–Kier alpha value is -2.13. The molecule has 1 amide bonds. The number of nitrogens with one attached hydrogen (secondary N) is 1. The van der Waals surface area contributed by atoms with Gasteiger partial charge in [0, 0.05) is 18.8 Å². The van der Waals surface area contributed by atoms with E-state index in [-0.39, 0.29) is 11.8 Å². The Labute approximate surface area is 151 Å². The van der Waals surface area contributed by atoms with Crippen molar-refractivity contribution in [1.82, 2.24) is 4.90 Å². The summed E-state index contributed by atoms with van der Waals surface area (Å²) in [7, 11) is 0. The second-order valence-electron chi connectivity index (χ2n) is 7.43. The molecule has 1 heterocycles. The van der Waals surface area contributed by atoms with Crippen LogP contribution in [0.3, 0.4) is 0 Å². The molecule has 1 aliphatic heterocycles. The third-order valence-corrected chi connectivity index (χ3v) is 4.85. The number of carbonyl (C=O) groups is 1. The molecule has 0 bridgehead atoms. The van der Waals surface area contributed by atoms with Crippen molar-refractivity contribution >= 4 is 11.6 Å². The summed E-state index contributed by atoms with van der Waals surface area (Å²) < 4.78 is 0. The van der Waals surface area contributed by atoms with Crippen molar-refractivity contribution in [2.45, 2.75) is 40.2 Å². The van der Waals surface area contributed by atoms with Gasteiger partial charge in [0.15, 0.2) is 0 Å². The van der Waals surface area contributed by atoms with Crippen LogP contribution in [0.5, 0.6) is 0 Å². The highest BCUT2D eigenvalue weighted by molar-refractivity contribution is 5.92. The van der Waals surface area contributed by atoms with Crippen LogP contribution >= 0.6 is 0 Å². The van der Waals surface area contributed by atoms with Crippen LogP contribution in [0.1, 0.15) is 35.1 Å². The van der Waals surface area contributed by atoms with E-state index in [1.807, 2.05) is 12.1 Å². The summed E-state index contributed by atoms with van der Waals surface area (Å²) in [5.74, 6) is 0.221. The van der Waals surface area contributed by atoms with Gasteiger partial charge < -0.3 is 5.32 Å². The lowest BCUT2D eigenvalue weighted by atomic mass is 9.96. The molecule has 3 heteroatoms. The Kier molecular flexibility index (Phi) is 5.54. The van der Waals surface area contributed by atoms with Crippen molar-refractivity contribution in [3.05, 3.63) is 64.7 Å². The zero-order valence-electron chi connectivity index (χ0n) is 15.5. The number of likely N-dealkylation sites (tertiary alicyclic amines) is 1. The Morgan fingerprint density at radius 2 is 1.84 bits per heavy atom. The van der Waals surface area contributed by atoms with Crippen molar-refractivity contribution in [2.24, 2.45) is 5.92 Å². The molecule has 1 saturated heterocycles. The first-order valence-corrected chi connectivity index (χ1v) is 9.16. The Morgan fingerprint density at radius 3 is 2.56 bits per heavy atom. The topological polar surface area (TPSA) is 32.3 Å². The normalized spacial score (nSPS) is 18.1. The van der Waals surface area contributed by atoms with Crippen LogP contribution in [0.15, 0.2) is 42.5 Å². The number of anilines is 1. The SMILES string of the molecule is Cc1cccc(CN2CCCC(C(=O)Nc3cc(C)cc(C)c3)C2)c1. The standard InChI is InChI=1S/C22H28N2O/c1-16-6-4-7-19(11-16)14-24-9-5-8-20(15-24)22(25)23-21-12-17(2)10-18(3)13-21/h4,6-7,10-13,20H,5,8-9,14-15H2,1-3H3,(H,23,25). The van der Waals surface area contributed by atoms with Crippen molar-refractivity contribution in [1.29, 1.82) is 0 Å². The van der Waals surface area contributed by atoms with Crippen molar-refractivity contribution in [2.75, 3.05) is 18.4 Å². The lowest BCUT2D eigenvalue weighted by Crippen LogP contribution is -2.40. The van der Waals surface area contributed by atoms with Crippen LogP contribution in [0.4, 0.5) is 5.69 Å². The van der Waals surface area contributed by atoms with E-state index in [0.29, 0.717) is 0 Å². The predicted molar refractivity (Wildman–Crippen MR) is 104 cm³/mol. The number of amides is 1. The third-order valence-electron chi connectivity index (χ3n) is 4.85. The second-order valence-corrected chi connectivity index (χ2v) is 7.43. The molecule has 0 aliphatic carbocycles. The van der Waals surface area contributed by atoms with Gasteiger partial charge in [-0.25, -0.2) is 0 Å². The van der Waals surface area contributed by atoms with Gasteiger partial charge in [0.1, 0.15) is 0 Å². The first-order chi connectivity index (χ1) is 12.0. The monoisotopic (exact) mass is 336 g/mol. The molecule has 0 spiro atoms. The molecule has 0 saturated carbocycles. The van der Waals surface area contributed by atoms with E-state index in [0.717, 1.165) is 38.2 Å². The number of hydrogen-bond donors (Lipinski definition) is 1. The molecule has 0 aromatic heterocycles. The van der Waals surface area contributed by atoms with E-state index in [1.165, 1.54) is 22.3 Å². The molecule has 1 atom stereocenters. The summed E-state index contributed by atoms with van der Waals surface area (Å²) in [6.45, 7) is 9.08. The Morgan fingerprint density at radius 1 is 1.08 bits per heavy atom. The summed E-state index contributed by atoms with van der Waals surface area (Å²) in [6, 6.07) is 14.8. The number of rotatable bonds is 4. The highest BCUT2D eigenvalue weighted by Crippen LogP contribution is 2.21. The molecule has 1 unspecified atom stereocenters. The quantitative estimate of drug-likeness (QED) is 0.894. The fourth-order valence-corrected chi connectivity index (χ4v) is 3.77. The van der Waals surface area contributed by atoms with Crippen molar-refractivity contribution < 1.29 is 4.79 Å². The molecule has 3 nitrogen and oxygen atoms in total. The minimum absolute atomic E-state index is 0.0689. The maximum Gasteiger partial charge on any atom is 0.228 e. The molecule has 1 aliphatic rings. The van der Waals surface area contributed by atoms with E-state index < -0.39 is 0 Å². The number of piperidine rings is 1. The lowest BCUT2D eigenvalue weighted by molar-refractivity contribution is -0.121. The van der Waals surface area contributed by atoms with Crippen LogP contribution in [0.25, 0.3) is 0 Å². The Bertz CT molecular complexity index is 733. The lowest BCUT2D eigenvalue weighted by Gasteiger charge is -2.32. The summed E-state index contributed by atoms with van der Waals surface area (Å²) >= 11 is 0. The molecule has 1 fully saturated rings. The average Bonchev–Trinajstić information content (AvgIpc) is 2.54. The molecular formula is C22H28N2O. The highest BCUT2D eigenvalue weighted by Gasteiger charge is 2.25. The summed E-state index contributed by atoms with van der Waals surface area (Å²) in [4.78, 5) is 15.1. The fourth-order valence-electron chi connectivity index (χ4n) is 3.77. The van der Waals surface area contributed by atoms with E-state index in [9.17, 15) is 4.79 Å². The first-order valence-electron chi connectivity index (χ1n) is 9.16. The van der Waals surface area contributed by atoms with Gasteiger partial charge in [-0.3, -0.25) is 9.69 Å². The van der Waals surface area contributed by atoms with Gasteiger partial charge >= 0.3 is 0 Å². The molecule has 2 aromatic carbocycles. The van der Waals surface area contributed by atoms with E-state index in [4.69, 9.17) is 0 Å². The zero-order valence-corrected chi connectivity index (χ0v) is 15.5. The van der Waals surface area contributed by atoms with Crippen molar-refractivity contribution in [3.63, 3.8) is 0 Å². The fraction of sp³-hybridized carbons (Fsp3) is 0.409. The van der Waals surface area contributed by atoms with Crippen LogP contribution in [0, 0.1) is 26.7 Å². The number of hydrogen-bond acceptors (Lipinski definition) is 2. The van der Waals surface area contributed by atoms with Gasteiger partial charge in [-0.05, 0) is 69.0 Å². The molecule has 25 heavy (non-hydrogen) atoms.